The highest BCUT2D eigenvalue weighted by Crippen LogP contribution is 2.37. The van der Waals surface area contributed by atoms with Gasteiger partial charge in [-0.15, -0.1) is 11.3 Å². The third kappa shape index (κ3) is 2.90. The van der Waals surface area contributed by atoms with E-state index in [-0.39, 0.29) is 5.91 Å². The summed E-state index contributed by atoms with van der Waals surface area (Å²) in [6.07, 6.45) is 2.78. The summed E-state index contributed by atoms with van der Waals surface area (Å²) in [6.45, 7) is 1.41. The standard InChI is InChI=1S/C19H17N3OS/c23-19(21-13-15-6-3-4-11-20-15)17-8-9-18(24-17)22-12-10-14-5-1-2-7-16(14)22/h1-9,11H,10,12-13H2,(H,21,23). The minimum atomic E-state index is -0.0515. The van der Waals surface area contributed by atoms with Gasteiger partial charge in [-0.05, 0) is 42.3 Å². The van der Waals surface area contributed by atoms with Crippen LogP contribution in [-0.2, 0) is 13.0 Å². The van der Waals surface area contributed by atoms with Gasteiger partial charge >= 0.3 is 0 Å². The van der Waals surface area contributed by atoms with Gasteiger partial charge < -0.3 is 10.2 Å². The van der Waals surface area contributed by atoms with Crippen LogP contribution in [0.2, 0.25) is 0 Å². The first-order chi connectivity index (χ1) is 11.8. The normalized spacial score (nSPS) is 12.9. The van der Waals surface area contributed by atoms with Crippen molar-refractivity contribution in [1.29, 1.82) is 0 Å². The topological polar surface area (TPSA) is 45.2 Å². The Labute approximate surface area is 144 Å². The molecule has 24 heavy (non-hydrogen) atoms. The number of pyridine rings is 1. The van der Waals surface area contributed by atoms with Gasteiger partial charge in [0.1, 0.15) is 0 Å². The first-order valence-electron chi connectivity index (χ1n) is 7.94. The van der Waals surface area contributed by atoms with Crippen LogP contribution in [0.1, 0.15) is 20.9 Å². The number of carbonyl (C=O) groups is 1. The zero-order valence-electron chi connectivity index (χ0n) is 13.1. The van der Waals surface area contributed by atoms with Crippen LogP contribution in [0.4, 0.5) is 10.7 Å². The lowest BCUT2D eigenvalue weighted by molar-refractivity contribution is 0.0954. The summed E-state index contributed by atoms with van der Waals surface area (Å²) in [4.78, 5) is 19.6. The Kier molecular flexibility index (Phi) is 4.01. The number of nitrogens with one attached hydrogen (secondary N) is 1. The van der Waals surface area contributed by atoms with Crippen LogP contribution in [0.3, 0.4) is 0 Å². The number of nitrogens with zero attached hydrogens (tertiary/aromatic N) is 2. The van der Waals surface area contributed by atoms with Gasteiger partial charge in [0.2, 0.25) is 0 Å². The quantitative estimate of drug-likeness (QED) is 0.789. The van der Waals surface area contributed by atoms with Crippen LogP contribution in [0.5, 0.6) is 0 Å². The van der Waals surface area contributed by atoms with Crippen molar-refractivity contribution in [2.45, 2.75) is 13.0 Å². The van der Waals surface area contributed by atoms with Crippen molar-refractivity contribution in [3.05, 3.63) is 76.9 Å². The van der Waals surface area contributed by atoms with E-state index in [0.717, 1.165) is 28.5 Å². The molecule has 4 rings (SSSR count). The molecule has 3 heterocycles. The number of para-hydroxylation sites is 1. The second-order valence-electron chi connectivity index (χ2n) is 5.67. The van der Waals surface area contributed by atoms with Crippen molar-refractivity contribution in [1.82, 2.24) is 10.3 Å². The largest absolute Gasteiger partial charge is 0.346 e. The second kappa shape index (κ2) is 6.45. The Hall–Kier alpha value is -2.66. The van der Waals surface area contributed by atoms with Crippen LogP contribution in [0, 0.1) is 0 Å². The molecule has 0 atom stereocenters. The highest BCUT2D eigenvalue weighted by Gasteiger charge is 2.22. The molecule has 0 fully saturated rings. The molecule has 1 aliphatic heterocycles. The molecule has 0 saturated carbocycles. The Morgan fingerprint density at radius 2 is 2.00 bits per heavy atom. The number of fused-ring (bicyclic) bond motifs is 1. The van der Waals surface area contributed by atoms with Crippen molar-refractivity contribution in [2.24, 2.45) is 0 Å². The predicted octanol–water partition coefficient (Wildman–Crippen LogP) is 3.77. The fourth-order valence-electron chi connectivity index (χ4n) is 2.92. The molecule has 5 heteroatoms. The van der Waals surface area contributed by atoms with Gasteiger partial charge in [0.15, 0.2) is 0 Å². The Bertz CT molecular complexity index is 860. The smallest absolute Gasteiger partial charge is 0.261 e. The lowest BCUT2D eigenvalue weighted by Crippen LogP contribution is -2.22. The Morgan fingerprint density at radius 3 is 2.88 bits per heavy atom. The van der Waals surface area contributed by atoms with Gasteiger partial charge in [-0.25, -0.2) is 0 Å². The van der Waals surface area contributed by atoms with E-state index in [2.05, 4.69) is 39.5 Å². The molecule has 1 aromatic carbocycles. The molecular formula is C19H17N3OS. The van der Waals surface area contributed by atoms with Gasteiger partial charge in [-0.1, -0.05) is 24.3 Å². The maximum Gasteiger partial charge on any atom is 0.261 e. The van der Waals surface area contributed by atoms with Crippen LogP contribution < -0.4 is 10.2 Å². The van der Waals surface area contributed by atoms with E-state index in [9.17, 15) is 4.79 Å². The molecule has 0 spiro atoms. The fraction of sp³-hybridized carbons (Fsp3) is 0.158. The number of benzene rings is 1. The minimum Gasteiger partial charge on any atom is -0.346 e. The van der Waals surface area contributed by atoms with Gasteiger partial charge in [0.25, 0.3) is 5.91 Å². The van der Waals surface area contributed by atoms with E-state index in [4.69, 9.17) is 0 Å². The van der Waals surface area contributed by atoms with E-state index < -0.39 is 0 Å². The highest BCUT2D eigenvalue weighted by molar-refractivity contribution is 7.18. The maximum absolute atomic E-state index is 12.3. The summed E-state index contributed by atoms with van der Waals surface area (Å²) in [7, 11) is 0. The molecule has 0 saturated heterocycles. The number of rotatable bonds is 4. The van der Waals surface area contributed by atoms with E-state index >= 15 is 0 Å². The number of hydrogen-bond acceptors (Lipinski definition) is 4. The third-order valence-electron chi connectivity index (χ3n) is 4.13. The summed E-state index contributed by atoms with van der Waals surface area (Å²) in [6, 6.07) is 18.1. The molecule has 0 unspecified atom stereocenters. The zero-order chi connectivity index (χ0) is 16.4. The van der Waals surface area contributed by atoms with Crippen LogP contribution in [0.15, 0.2) is 60.8 Å². The number of hydrogen-bond donors (Lipinski definition) is 1. The van der Waals surface area contributed by atoms with E-state index in [1.54, 1.807) is 6.20 Å². The summed E-state index contributed by atoms with van der Waals surface area (Å²) in [5.74, 6) is -0.0515. The van der Waals surface area contributed by atoms with Gasteiger partial charge in [-0.3, -0.25) is 9.78 Å². The Morgan fingerprint density at radius 1 is 1.12 bits per heavy atom. The molecule has 0 bridgehead atoms. The predicted molar refractivity (Wildman–Crippen MR) is 96.9 cm³/mol. The van der Waals surface area contributed by atoms with Crippen molar-refractivity contribution in [2.75, 3.05) is 11.4 Å². The first kappa shape index (κ1) is 14.9. The van der Waals surface area contributed by atoms with E-state index in [0.29, 0.717) is 6.54 Å². The molecule has 1 aliphatic rings. The van der Waals surface area contributed by atoms with Crippen LogP contribution in [0.25, 0.3) is 0 Å². The number of thiophene rings is 1. The molecule has 3 aromatic rings. The van der Waals surface area contributed by atoms with Crippen molar-refractivity contribution < 1.29 is 4.79 Å². The summed E-state index contributed by atoms with van der Waals surface area (Å²) in [5, 5.41) is 4.04. The second-order valence-corrected chi connectivity index (χ2v) is 6.73. The summed E-state index contributed by atoms with van der Waals surface area (Å²) < 4.78 is 0. The van der Waals surface area contributed by atoms with Gasteiger partial charge in [0, 0.05) is 18.4 Å². The maximum atomic E-state index is 12.3. The SMILES string of the molecule is O=C(NCc1ccccn1)c1ccc(N2CCc3ccccc32)s1. The molecule has 1 amide bonds. The number of anilines is 2. The highest BCUT2D eigenvalue weighted by atomic mass is 32.1. The van der Waals surface area contributed by atoms with E-state index in [1.165, 1.54) is 22.6 Å². The zero-order valence-corrected chi connectivity index (χ0v) is 13.9. The molecular weight excluding hydrogens is 318 g/mol. The van der Waals surface area contributed by atoms with Crippen molar-refractivity contribution in [3.63, 3.8) is 0 Å². The number of amides is 1. The molecule has 2 aromatic heterocycles. The minimum absolute atomic E-state index is 0.0515. The average molecular weight is 335 g/mol. The monoisotopic (exact) mass is 335 g/mol. The summed E-state index contributed by atoms with van der Waals surface area (Å²) >= 11 is 1.53. The fourth-order valence-corrected chi connectivity index (χ4v) is 3.88. The third-order valence-corrected chi connectivity index (χ3v) is 5.23. The summed E-state index contributed by atoms with van der Waals surface area (Å²) in [5.41, 5.74) is 3.47. The number of aromatic nitrogens is 1. The Balaban J connectivity index is 1.46. The molecule has 1 N–H and O–H groups in total. The van der Waals surface area contributed by atoms with Crippen molar-refractivity contribution in [3.8, 4) is 0 Å². The lowest BCUT2D eigenvalue weighted by atomic mass is 10.2. The average Bonchev–Trinajstić information content (AvgIpc) is 3.27. The molecule has 0 aliphatic carbocycles. The molecule has 0 radical (unpaired) electrons. The molecule has 4 nitrogen and oxygen atoms in total. The van der Waals surface area contributed by atoms with E-state index in [1.807, 2.05) is 30.3 Å². The lowest BCUT2D eigenvalue weighted by Gasteiger charge is -2.16. The number of carbonyl (C=O) groups excluding carboxylic acids is 1. The van der Waals surface area contributed by atoms with Crippen LogP contribution in [-0.4, -0.2) is 17.4 Å². The van der Waals surface area contributed by atoms with Gasteiger partial charge in [-0.2, -0.15) is 0 Å². The molecule has 120 valence electrons. The van der Waals surface area contributed by atoms with Crippen molar-refractivity contribution >= 4 is 27.9 Å². The first-order valence-corrected chi connectivity index (χ1v) is 8.76. The van der Waals surface area contributed by atoms with Gasteiger partial charge in [0.05, 0.1) is 22.1 Å². The van der Waals surface area contributed by atoms with Crippen LogP contribution >= 0.6 is 11.3 Å².